The number of hydrogen-bond acceptors (Lipinski definition) is 25. The molecule has 26 heteroatoms. The van der Waals surface area contributed by atoms with Gasteiger partial charge in [0, 0.05) is 133 Å². The lowest BCUT2D eigenvalue weighted by molar-refractivity contribution is -0.111. The molecule has 130 heavy (non-hydrogen) atoms. The van der Waals surface area contributed by atoms with Gasteiger partial charge in [-0.1, -0.05) is 176 Å². The second kappa shape index (κ2) is 47.9. The molecule has 0 aliphatic carbocycles. The summed E-state index contributed by atoms with van der Waals surface area (Å²) in [6.45, 7) is 23.8. The van der Waals surface area contributed by atoms with E-state index in [9.17, 15) is 24.0 Å². The Balaban J connectivity index is 0.000000157. The highest BCUT2D eigenvalue weighted by molar-refractivity contribution is 6.07. The number of aromatic nitrogens is 10. The smallest absolute Gasteiger partial charge is 0.247 e. The van der Waals surface area contributed by atoms with E-state index >= 15 is 0 Å². The topological polar surface area (TPSA) is 338 Å². The van der Waals surface area contributed by atoms with Crippen LogP contribution in [0.4, 0.5) is 86.9 Å². The third-order valence-corrected chi connectivity index (χ3v) is 18.1. The van der Waals surface area contributed by atoms with Gasteiger partial charge in [0.2, 0.25) is 53.3 Å². The summed E-state index contributed by atoms with van der Waals surface area (Å²) in [7, 11) is 0. The van der Waals surface area contributed by atoms with Crippen molar-refractivity contribution in [2.24, 2.45) is 0 Å². The van der Waals surface area contributed by atoms with E-state index in [0.29, 0.717) is 104 Å². The van der Waals surface area contributed by atoms with Crippen LogP contribution in [0.25, 0.3) is 0 Å². The van der Waals surface area contributed by atoms with Crippen LogP contribution in [0.5, 0.6) is 34.9 Å². The number of para-hydroxylation sites is 5. The molecule has 1 amide bonds. The predicted octanol–water partition coefficient (Wildman–Crippen LogP) is 24.7. The van der Waals surface area contributed by atoms with E-state index < -0.39 is 0 Å². The van der Waals surface area contributed by atoms with Crippen LogP contribution in [0.3, 0.4) is 0 Å². The second-order valence-corrected chi connectivity index (χ2v) is 28.8. The summed E-state index contributed by atoms with van der Waals surface area (Å²) in [5, 5.41) is 25.0. The molecular formula is C104H96N18O8. The molecule has 0 atom stereocenters. The summed E-state index contributed by atoms with van der Waals surface area (Å²) in [6, 6.07) is 84.2. The fourth-order valence-corrected chi connectivity index (χ4v) is 11.6. The van der Waals surface area contributed by atoms with Gasteiger partial charge in [0.25, 0.3) is 0 Å². The van der Waals surface area contributed by atoms with Crippen LogP contribution < -0.4 is 56.7 Å². The normalized spacial score (nSPS) is 10.3. The van der Waals surface area contributed by atoms with Crippen molar-refractivity contribution in [3.63, 3.8) is 0 Å². The fraction of sp³-hybridized carbons (Fsp3) is 0.0865. The van der Waals surface area contributed by atoms with E-state index in [2.05, 4.69) is 106 Å². The van der Waals surface area contributed by atoms with Crippen molar-refractivity contribution in [1.82, 2.24) is 49.8 Å². The lowest BCUT2D eigenvalue weighted by atomic mass is 10.1. The molecule has 0 bridgehead atoms. The van der Waals surface area contributed by atoms with Crippen molar-refractivity contribution in [2.45, 2.75) is 62.3 Å². The van der Waals surface area contributed by atoms with Crippen molar-refractivity contribution < 1.29 is 38.2 Å². The highest BCUT2D eigenvalue weighted by Crippen LogP contribution is 2.32. The first-order valence-corrected chi connectivity index (χ1v) is 41.1. The Kier molecular flexibility index (Phi) is 34.3. The van der Waals surface area contributed by atoms with Crippen LogP contribution in [-0.4, -0.2) is 78.9 Å². The van der Waals surface area contributed by atoms with Gasteiger partial charge < -0.3 is 56.7 Å². The Morgan fingerprint density at radius 3 is 0.908 bits per heavy atom. The van der Waals surface area contributed by atoms with Gasteiger partial charge in [0.1, 0.15) is 28.9 Å². The molecule has 0 unspecified atom stereocenters. The molecule has 15 aromatic rings. The average Bonchev–Trinajstić information content (AvgIpc) is 0.876. The monoisotopic (exact) mass is 1720 g/mol. The maximum absolute atomic E-state index is 12.2. The Hall–Kier alpha value is -17.6. The predicted molar refractivity (Wildman–Crippen MR) is 517 cm³/mol. The lowest BCUT2D eigenvalue weighted by Crippen LogP contribution is -2.07. The van der Waals surface area contributed by atoms with Gasteiger partial charge >= 0.3 is 0 Å². The summed E-state index contributed by atoms with van der Waals surface area (Å²) < 4.78 is 17.7. The van der Waals surface area contributed by atoms with E-state index in [1.165, 1.54) is 18.2 Å². The van der Waals surface area contributed by atoms with Crippen molar-refractivity contribution in [3.05, 3.63) is 415 Å². The third-order valence-electron chi connectivity index (χ3n) is 18.1. The summed E-state index contributed by atoms with van der Waals surface area (Å²) >= 11 is 0. The molecule has 0 saturated carbocycles. The first-order chi connectivity index (χ1) is 63.1. The van der Waals surface area contributed by atoms with Crippen LogP contribution in [0.2, 0.25) is 0 Å². The molecular weight excluding hydrogens is 1630 g/mol. The zero-order valence-corrected chi connectivity index (χ0v) is 73.1. The van der Waals surface area contributed by atoms with Crippen molar-refractivity contribution in [3.8, 4) is 34.9 Å². The van der Waals surface area contributed by atoms with E-state index in [0.717, 1.165) is 73.2 Å². The van der Waals surface area contributed by atoms with Crippen LogP contribution in [0.15, 0.2) is 365 Å². The standard InChI is InChI=1S/C22H21N3O2.C21H20N4O.C21H19N3O2.C20H18N4O2.C20H18N4O/c1-15(2)12-20(26)17-8-7-11-19(13-17)27-21-16(3)14-23-22(25-21)24-18-9-5-4-6-10-18;1-3-8-19(26)16-9-7-12-18(13-16)23-20-15(2)14-22-21(25-20)24-17-10-5-4-6-11-17;1-3-8-19(25)16-9-7-12-18(13-16)26-20-15(2)14-22-21(24-20)23-17-10-5-4-6-11-17;1-3-18(25)22-16-10-7-11-17(12-16)26-19-14(2)13-21-20(24-19)23-15-8-5-4-6-9-15;1-3-18(25)15-8-7-11-17(12-15)22-19-14(2)13-21-20(24-19)23-16-9-5-4-6-10-16/h4-14H,1-3H3,(H,23,24,25);3-14H,1-2H3,(H2,22,23,24,25);3-14H,1-2H3,(H,22,23,24);3-13H,1H2,2H3,(H,22,25)(H,21,23,24);3-13H,1H2,2H3,(H2,21,22,23,24)/b;2*8-3+;;. The third kappa shape index (κ3) is 29.6. The molecule has 0 fully saturated rings. The van der Waals surface area contributed by atoms with Gasteiger partial charge in [0.15, 0.2) is 23.1 Å². The molecule has 0 spiro atoms. The number of amides is 1. The van der Waals surface area contributed by atoms with E-state index in [1.807, 2.05) is 244 Å². The molecule has 650 valence electrons. The average molecular weight is 1730 g/mol. The SMILES string of the molecule is C/C=C/C(=O)c1cccc(Nc2nc(Nc3ccccc3)ncc2C)c1.C/C=C/C(=O)c1cccc(Oc2nc(Nc3ccccc3)ncc2C)c1.C=CC(=O)Nc1cccc(Oc2nc(Nc3ccccc3)ncc2C)c1.C=CC(=O)c1cccc(Nc2nc(Nc3ccccc3)ncc2C)c1.CC(C)=CC(=O)c1cccc(Oc2nc(Nc3ccccc3)ncc2C)c1. The second-order valence-electron chi connectivity index (χ2n) is 28.8. The van der Waals surface area contributed by atoms with Crippen LogP contribution >= 0.6 is 0 Å². The number of ketones is 4. The summed E-state index contributed by atoms with van der Waals surface area (Å²) in [6.07, 6.45) is 19.2. The summed E-state index contributed by atoms with van der Waals surface area (Å²) in [4.78, 5) is 103. The minimum Gasteiger partial charge on any atom is -0.439 e. The number of nitrogens with zero attached hydrogens (tertiary/aromatic N) is 10. The largest absolute Gasteiger partial charge is 0.439 e. The summed E-state index contributed by atoms with van der Waals surface area (Å²) in [5.74, 6) is 6.12. The zero-order valence-electron chi connectivity index (χ0n) is 73.1. The van der Waals surface area contributed by atoms with E-state index in [4.69, 9.17) is 14.2 Å². The molecule has 26 nitrogen and oxygen atoms in total. The Morgan fingerprint density at radius 2 is 0.577 bits per heavy atom. The molecule has 15 rings (SSSR count). The number of ether oxygens (including phenoxy) is 3. The maximum Gasteiger partial charge on any atom is 0.247 e. The number of carbonyl (C=O) groups excluding carboxylic acids is 5. The molecule has 0 radical (unpaired) electrons. The molecule has 5 heterocycles. The van der Waals surface area contributed by atoms with E-state index in [-0.39, 0.29) is 29.0 Å². The minimum atomic E-state index is -0.283. The minimum absolute atomic E-state index is 0.0259. The first kappa shape index (κ1) is 93.2. The molecule has 0 aliphatic heterocycles. The molecule has 0 aliphatic rings. The number of anilines is 15. The van der Waals surface area contributed by atoms with Crippen LogP contribution in [0, 0.1) is 34.6 Å². The van der Waals surface area contributed by atoms with Gasteiger partial charge in [-0.05, 0) is 214 Å². The fourth-order valence-electron chi connectivity index (χ4n) is 11.6. The molecule has 5 aromatic heterocycles. The van der Waals surface area contributed by atoms with Gasteiger partial charge in [-0.25, -0.2) is 24.9 Å². The van der Waals surface area contributed by atoms with Gasteiger partial charge in [-0.3, -0.25) is 24.0 Å². The van der Waals surface area contributed by atoms with Crippen LogP contribution in [0.1, 0.15) is 96.9 Å². The number of benzene rings is 10. The quantitative estimate of drug-likeness (QED) is 0.0153. The first-order valence-electron chi connectivity index (χ1n) is 41.1. The van der Waals surface area contributed by atoms with Crippen molar-refractivity contribution in [1.29, 1.82) is 0 Å². The maximum atomic E-state index is 12.2. The van der Waals surface area contributed by atoms with Gasteiger partial charge in [-0.2, -0.15) is 24.9 Å². The number of hydrogen-bond donors (Lipinski definition) is 8. The Labute approximate surface area is 754 Å². The Bertz CT molecular complexity index is 6340. The Morgan fingerprint density at radius 1 is 0.292 bits per heavy atom. The molecule has 8 N–H and O–H groups in total. The van der Waals surface area contributed by atoms with Crippen LogP contribution in [-0.2, 0) is 4.79 Å². The number of aryl methyl sites for hydroxylation is 5. The van der Waals surface area contributed by atoms with Gasteiger partial charge in [0.05, 0.1) is 0 Å². The van der Waals surface area contributed by atoms with E-state index in [1.54, 1.807) is 146 Å². The number of carbonyl (C=O) groups is 5. The summed E-state index contributed by atoms with van der Waals surface area (Å²) in [5.41, 5.74) is 14.2. The highest BCUT2D eigenvalue weighted by atomic mass is 16.5. The molecule has 10 aromatic carbocycles. The molecule has 0 saturated heterocycles. The zero-order chi connectivity index (χ0) is 91.9. The van der Waals surface area contributed by atoms with Gasteiger partial charge in [-0.15, -0.1) is 0 Å². The van der Waals surface area contributed by atoms with Crippen molar-refractivity contribution in [2.75, 3.05) is 42.5 Å². The highest BCUT2D eigenvalue weighted by Gasteiger charge is 2.16. The number of rotatable bonds is 30. The van der Waals surface area contributed by atoms with Crippen molar-refractivity contribution >= 4 is 116 Å². The lowest BCUT2D eigenvalue weighted by Gasteiger charge is -2.11. The number of allylic oxidation sites excluding steroid dienone is 7. The number of nitrogens with one attached hydrogen (secondary N) is 8.